The molecule has 1 aliphatic rings. The van der Waals surface area contributed by atoms with Crippen molar-refractivity contribution in [3.63, 3.8) is 0 Å². The van der Waals surface area contributed by atoms with E-state index in [1.165, 1.54) is 17.7 Å². The van der Waals surface area contributed by atoms with E-state index in [1.807, 2.05) is 13.0 Å². The Morgan fingerprint density at radius 3 is 2.53 bits per heavy atom. The zero-order chi connectivity index (χ0) is 14.0. The number of allylic oxidation sites excluding steroid dienone is 2. The highest BCUT2D eigenvalue weighted by Crippen LogP contribution is 2.37. The smallest absolute Gasteiger partial charge is 0.269 e. The summed E-state index contributed by atoms with van der Waals surface area (Å²) < 4.78 is 0. The third-order valence-electron chi connectivity index (χ3n) is 3.65. The van der Waals surface area contributed by atoms with Crippen LogP contribution in [0.3, 0.4) is 0 Å². The fourth-order valence-corrected chi connectivity index (χ4v) is 2.57. The molecule has 2 N–H and O–H groups in total. The van der Waals surface area contributed by atoms with E-state index in [-0.39, 0.29) is 23.4 Å². The Hall–Kier alpha value is -2.17. The second-order valence-electron chi connectivity index (χ2n) is 4.95. The van der Waals surface area contributed by atoms with Crippen molar-refractivity contribution < 1.29 is 9.72 Å². The lowest BCUT2D eigenvalue weighted by Crippen LogP contribution is -2.30. The number of rotatable bonds is 3. The molecule has 2 atom stereocenters. The van der Waals surface area contributed by atoms with Crippen LogP contribution in [0.4, 0.5) is 5.69 Å². The molecule has 2 unspecified atom stereocenters. The summed E-state index contributed by atoms with van der Waals surface area (Å²) in [5.74, 6) is -0.527. The zero-order valence-electron chi connectivity index (χ0n) is 10.7. The number of hydrogen-bond acceptors (Lipinski definition) is 3. The maximum absolute atomic E-state index is 11.5. The van der Waals surface area contributed by atoms with Crippen LogP contribution in [-0.4, -0.2) is 10.8 Å². The van der Waals surface area contributed by atoms with Crippen molar-refractivity contribution in [1.29, 1.82) is 0 Å². The SMILES string of the molecule is CC1=CCC(C(N)=O)C(c2ccc([N+](=O)[O-])cc2)C1. The lowest BCUT2D eigenvalue weighted by molar-refractivity contribution is -0.384. The van der Waals surface area contributed by atoms with Gasteiger partial charge in [-0.2, -0.15) is 0 Å². The fourth-order valence-electron chi connectivity index (χ4n) is 2.57. The Balaban J connectivity index is 2.30. The number of nitrogens with zero attached hydrogens (tertiary/aromatic N) is 1. The van der Waals surface area contributed by atoms with E-state index < -0.39 is 4.92 Å². The molecular formula is C14H16N2O3. The average Bonchev–Trinajstić information content (AvgIpc) is 2.38. The summed E-state index contributed by atoms with van der Waals surface area (Å²) in [6.45, 7) is 2.02. The monoisotopic (exact) mass is 260 g/mol. The molecule has 0 radical (unpaired) electrons. The van der Waals surface area contributed by atoms with Gasteiger partial charge in [-0.05, 0) is 31.2 Å². The van der Waals surface area contributed by atoms with Gasteiger partial charge in [-0.15, -0.1) is 0 Å². The van der Waals surface area contributed by atoms with Crippen LogP contribution in [0.1, 0.15) is 31.2 Å². The summed E-state index contributed by atoms with van der Waals surface area (Å²) in [6.07, 6.45) is 3.45. The topological polar surface area (TPSA) is 86.2 Å². The van der Waals surface area contributed by atoms with Crippen LogP contribution in [0.2, 0.25) is 0 Å². The van der Waals surface area contributed by atoms with Gasteiger partial charge < -0.3 is 5.73 Å². The molecule has 0 fully saturated rings. The number of non-ortho nitro benzene ring substituents is 1. The third-order valence-corrected chi connectivity index (χ3v) is 3.65. The first-order valence-corrected chi connectivity index (χ1v) is 6.18. The van der Waals surface area contributed by atoms with E-state index in [2.05, 4.69) is 0 Å². The largest absolute Gasteiger partial charge is 0.369 e. The van der Waals surface area contributed by atoms with E-state index in [0.29, 0.717) is 6.42 Å². The summed E-state index contributed by atoms with van der Waals surface area (Å²) in [5, 5.41) is 10.6. The quantitative estimate of drug-likeness (QED) is 0.514. The van der Waals surface area contributed by atoms with Crippen LogP contribution >= 0.6 is 0 Å². The molecule has 0 heterocycles. The molecule has 5 heteroatoms. The van der Waals surface area contributed by atoms with Gasteiger partial charge in [0.25, 0.3) is 5.69 Å². The highest BCUT2D eigenvalue weighted by Gasteiger charge is 2.30. The van der Waals surface area contributed by atoms with Gasteiger partial charge >= 0.3 is 0 Å². The maximum Gasteiger partial charge on any atom is 0.269 e. The first kappa shape index (κ1) is 13.3. The second-order valence-corrected chi connectivity index (χ2v) is 4.95. The van der Waals surface area contributed by atoms with Crippen LogP contribution in [0.25, 0.3) is 0 Å². The molecule has 0 saturated carbocycles. The molecule has 1 aromatic rings. The van der Waals surface area contributed by atoms with E-state index in [9.17, 15) is 14.9 Å². The number of amides is 1. The molecule has 1 aliphatic carbocycles. The lowest BCUT2D eigenvalue weighted by atomic mass is 9.75. The van der Waals surface area contributed by atoms with Crippen LogP contribution in [-0.2, 0) is 4.79 Å². The Kier molecular flexibility index (Phi) is 3.64. The second kappa shape index (κ2) is 5.22. The number of hydrogen-bond donors (Lipinski definition) is 1. The van der Waals surface area contributed by atoms with Gasteiger partial charge in [-0.1, -0.05) is 23.8 Å². The summed E-state index contributed by atoms with van der Waals surface area (Å²) in [6, 6.07) is 6.39. The van der Waals surface area contributed by atoms with Crippen molar-refractivity contribution in [2.75, 3.05) is 0 Å². The molecular weight excluding hydrogens is 244 g/mol. The van der Waals surface area contributed by atoms with Crippen LogP contribution in [0, 0.1) is 16.0 Å². The Morgan fingerprint density at radius 2 is 2.00 bits per heavy atom. The fraction of sp³-hybridized carbons (Fsp3) is 0.357. The summed E-state index contributed by atoms with van der Waals surface area (Å²) in [5.41, 5.74) is 7.66. The molecule has 19 heavy (non-hydrogen) atoms. The summed E-state index contributed by atoms with van der Waals surface area (Å²) >= 11 is 0. The minimum Gasteiger partial charge on any atom is -0.369 e. The number of benzene rings is 1. The van der Waals surface area contributed by atoms with Gasteiger partial charge in [0.2, 0.25) is 5.91 Å². The predicted molar refractivity (Wildman–Crippen MR) is 71.5 cm³/mol. The predicted octanol–water partition coefficient (Wildman–Crippen LogP) is 2.52. The van der Waals surface area contributed by atoms with Crippen molar-refractivity contribution >= 4 is 11.6 Å². The van der Waals surface area contributed by atoms with Crippen molar-refractivity contribution in [1.82, 2.24) is 0 Å². The molecule has 100 valence electrons. The number of nitro benzene ring substituents is 1. The maximum atomic E-state index is 11.5. The van der Waals surface area contributed by atoms with Gasteiger partial charge in [0, 0.05) is 18.1 Å². The summed E-state index contributed by atoms with van der Waals surface area (Å²) in [7, 11) is 0. The van der Waals surface area contributed by atoms with Crippen LogP contribution in [0.15, 0.2) is 35.9 Å². The van der Waals surface area contributed by atoms with Crippen molar-refractivity contribution in [2.45, 2.75) is 25.7 Å². The minimum atomic E-state index is -0.429. The van der Waals surface area contributed by atoms with E-state index in [0.717, 1.165) is 12.0 Å². The Morgan fingerprint density at radius 1 is 1.37 bits per heavy atom. The molecule has 1 aromatic carbocycles. The number of nitro groups is 1. The highest BCUT2D eigenvalue weighted by molar-refractivity contribution is 5.78. The average molecular weight is 260 g/mol. The normalized spacial score (nSPS) is 22.7. The van der Waals surface area contributed by atoms with Crippen molar-refractivity contribution in [3.8, 4) is 0 Å². The highest BCUT2D eigenvalue weighted by atomic mass is 16.6. The van der Waals surface area contributed by atoms with Gasteiger partial charge in [0.05, 0.1) is 4.92 Å². The first-order chi connectivity index (χ1) is 8.99. The van der Waals surface area contributed by atoms with Gasteiger partial charge in [0.1, 0.15) is 0 Å². The molecule has 5 nitrogen and oxygen atoms in total. The van der Waals surface area contributed by atoms with Gasteiger partial charge in [-0.3, -0.25) is 14.9 Å². The van der Waals surface area contributed by atoms with Crippen molar-refractivity contribution in [3.05, 3.63) is 51.6 Å². The molecule has 0 aromatic heterocycles. The minimum absolute atomic E-state index is 0.0169. The van der Waals surface area contributed by atoms with Crippen LogP contribution in [0.5, 0.6) is 0 Å². The Bertz CT molecular complexity index is 534. The molecule has 2 rings (SSSR count). The molecule has 0 aliphatic heterocycles. The molecule has 1 amide bonds. The van der Waals surface area contributed by atoms with Gasteiger partial charge in [-0.25, -0.2) is 0 Å². The van der Waals surface area contributed by atoms with E-state index in [1.54, 1.807) is 12.1 Å². The molecule has 0 bridgehead atoms. The number of carbonyl (C=O) groups is 1. The van der Waals surface area contributed by atoms with Crippen molar-refractivity contribution in [2.24, 2.45) is 11.7 Å². The number of carbonyl (C=O) groups excluding carboxylic acids is 1. The Labute approximate surface area is 111 Å². The lowest BCUT2D eigenvalue weighted by Gasteiger charge is -2.28. The zero-order valence-corrected chi connectivity index (χ0v) is 10.7. The standard InChI is InChI=1S/C14H16N2O3/c1-9-2-7-12(14(15)17)13(8-9)10-3-5-11(6-4-10)16(18)19/h2-6,12-13H,7-8H2,1H3,(H2,15,17). The molecule has 0 saturated heterocycles. The van der Waals surface area contributed by atoms with E-state index >= 15 is 0 Å². The first-order valence-electron chi connectivity index (χ1n) is 6.18. The number of nitrogens with two attached hydrogens (primary N) is 1. The summed E-state index contributed by atoms with van der Waals surface area (Å²) in [4.78, 5) is 21.7. The van der Waals surface area contributed by atoms with Crippen LogP contribution < -0.4 is 5.73 Å². The third kappa shape index (κ3) is 2.81. The van der Waals surface area contributed by atoms with Gasteiger partial charge in [0.15, 0.2) is 0 Å². The molecule has 0 spiro atoms. The van der Waals surface area contributed by atoms with E-state index in [4.69, 9.17) is 5.73 Å². The number of primary amides is 1.